The van der Waals surface area contributed by atoms with E-state index in [-0.39, 0.29) is 17.1 Å². The SMILES string of the molecule is CN(Cc1c(Br)cnn1C)S(=O)(=O)c1cccc([N+](=O)[O-])c1. The highest BCUT2D eigenvalue weighted by Gasteiger charge is 2.24. The first-order valence-electron chi connectivity index (χ1n) is 6.10. The molecule has 0 aliphatic carbocycles. The van der Waals surface area contributed by atoms with Gasteiger partial charge in [0.15, 0.2) is 0 Å². The van der Waals surface area contributed by atoms with Gasteiger partial charge in [0.25, 0.3) is 5.69 Å². The molecule has 0 fully saturated rings. The molecule has 0 amide bonds. The summed E-state index contributed by atoms with van der Waals surface area (Å²) >= 11 is 3.31. The summed E-state index contributed by atoms with van der Waals surface area (Å²) in [5.74, 6) is 0. The molecule has 1 aromatic heterocycles. The number of aryl methyl sites for hydroxylation is 1. The first kappa shape index (κ1) is 16.6. The molecule has 1 heterocycles. The third kappa shape index (κ3) is 3.18. The van der Waals surface area contributed by atoms with E-state index in [1.807, 2.05) is 0 Å². The van der Waals surface area contributed by atoms with Crippen molar-refractivity contribution < 1.29 is 13.3 Å². The standard InChI is InChI=1S/C12H13BrN4O4S/c1-15(8-12-11(13)7-14-16(12)2)22(20,21)10-5-3-4-9(6-10)17(18)19/h3-7H,8H2,1-2H3. The van der Waals surface area contributed by atoms with Crippen LogP contribution in [-0.4, -0.2) is 34.5 Å². The van der Waals surface area contributed by atoms with Gasteiger partial charge in [0, 0.05) is 26.2 Å². The molecule has 8 nitrogen and oxygen atoms in total. The maximum absolute atomic E-state index is 12.5. The van der Waals surface area contributed by atoms with Crippen LogP contribution < -0.4 is 0 Å². The zero-order valence-corrected chi connectivity index (χ0v) is 14.2. The van der Waals surface area contributed by atoms with E-state index in [9.17, 15) is 18.5 Å². The number of halogens is 1. The van der Waals surface area contributed by atoms with Crippen LogP contribution >= 0.6 is 15.9 Å². The molecule has 22 heavy (non-hydrogen) atoms. The minimum absolute atomic E-state index is 0.0854. The van der Waals surface area contributed by atoms with Crippen LogP contribution in [0.15, 0.2) is 39.8 Å². The van der Waals surface area contributed by atoms with Crippen LogP contribution in [0.1, 0.15) is 5.69 Å². The van der Waals surface area contributed by atoms with Crippen molar-refractivity contribution in [3.8, 4) is 0 Å². The Kier molecular flexibility index (Phi) is 4.63. The Hall–Kier alpha value is -1.78. The smallest absolute Gasteiger partial charge is 0.270 e. The summed E-state index contributed by atoms with van der Waals surface area (Å²) in [5.41, 5.74) is 0.410. The zero-order valence-electron chi connectivity index (χ0n) is 11.8. The van der Waals surface area contributed by atoms with E-state index in [1.54, 1.807) is 17.9 Å². The van der Waals surface area contributed by atoms with Gasteiger partial charge >= 0.3 is 0 Å². The number of sulfonamides is 1. The van der Waals surface area contributed by atoms with E-state index in [2.05, 4.69) is 21.0 Å². The normalized spacial score (nSPS) is 11.8. The molecule has 0 spiro atoms. The minimum Gasteiger partial charge on any atom is -0.270 e. The van der Waals surface area contributed by atoms with Crippen molar-refractivity contribution in [1.29, 1.82) is 0 Å². The molecule has 1 aromatic carbocycles. The summed E-state index contributed by atoms with van der Waals surface area (Å²) in [6, 6.07) is 4.97. The summed E-state index contributed by atoms with van der Waals surface area (Å²) in [7, 11) is -0.725. The molecule has 0 saturated carbocycles. The average Bonchev–Trinajstić information content (AvgIpc) is 2.79. The number of nitro groups is 1. The Morgan fingerprint density at radius 3 is 2.68 bits per heavy atom. The highest BCUT2D eigenvalue weighted by molar-refractivity contribution is 9.10. The van der Waals surface area contributed by atoms with E-state index < -0.39 is 14.9 Å². The predicted octanol–water partition coefficient (Wildman–Crippen LogP) is 1.91. The van der Waals surface area contributed by atoms with E-state index in [4.69, 9.17) is 0 Å². The molecule has 2 rings (SSSR count). The van der Waals surface area contributed by atoms with Gasteiger partial charge in [-0.15, -0.1) is 0 Å². The summed E-state index contributed by atoms with van der Waals surface area (Å²) in [6.07, 6.45) is 1.57. The van der Waals surface area contributed by atoms with Gasteiger partial charge in [0.1, 0.15) is 0 Å². The fourth-order valence-corrected chi connectivity index (χ4v) is 3.49. The van der Waals surface area contributed by atoms with Crippen LogP contribution in [0.5, 0.6) is 0 Å². The van der Waals surface area contributed by atoms with Crippen LogP contribution in [0, 0.1) is 10.1 Å². The van der Waals surface area contributed by atoms with Gasteiger partial charge in [-0.1, -0.05) is 6.07 Å². The fourth-order valence-electron chi connectivity index (χ4n) is 1.85. The summed E-state index contributed by atoms with van der Waals surface area (Å²) in [4.78, 5) is 10.0. The van der Waals surface area contributed by atoms with Gasteiger partial charge in [-0.2, -0.15) is 9.40 Å². The number of rotatable bonds is 5. The Bertz CT molecular complexity index is 799. The van der Waals surface area contributed by atoms with Crippen LogP contribution in [0.2, 0.25) is 0 Å². The topological polar surface area (TPSA) is 98.3 Å². The third-order valence-corrected chi connectivity index (χ3v) is 5.58. The molecule has 0 N–H and O–H groups in total. The molecule has 10 heteroatoms. The Labute approximate surface area is 135 Å². The van der Waals surface area contributed by atoms with Crippen molar-refractivity contribution in [2.75, 3.05) is 7.05 Å². The van der Waals surface area contributed by atoms with E-state index >= 15 is 0 Å². The van der Waals surface area contributed by atoms with Gasteiger partial charge in [-0.25, -0.2) is 8.42 Å². The summed E-state index contributed by atoms with van der Waals surface area (Å²) in [5, 5.41) is 14.8. The molecular formula is C12H13BrN4O4S. The third-order valence-electron chi connectivity index (χ3n) is 3.12. The molecule has 0 unspecified atom stereocenters. The zero-order chi connectivity index (χ0) is 16.5. The van der Waals surface area contributed by atoms with Crippen LogP contribution in [0.4, 0.5) is 5.69 Å². The highest BCUT2D eigenvalue weighted by Crippen LogP contribution is 2.23. The van der Waals surface area contributed by atoms with Gasteiger partial charge in [-0.05, 0) is 22.0 Å². The second-order valence-corrected chi connectivity index (χ2v) is 7.48. The quantitative estimate of drug-likeness (QED) is 0.575. The Morgan fingerprint density at radius 2 is 2.14 bits per heavy atom. The first-order valence-corrected chi connectivity index (χ1v) is 8.34. The lowest BCUT2D eigenvalue weighted by molar-refractivity contribution is -0.385. The number of nitrogens with zero attached hydrogens (tertiary/aromatic N) is 4. The van der Waals surface area contributed by atoms with E-state index in [1.165, 1.54) is 25.2 Å². The first-order chi connectivity index (χ1) is 10.2. The molecule has 0 atom stereocenters. The number of benzene rings is 1. The largest absolute Gasteiger partial charge is 0.270 e. The molecule has 0 aliphatic rings. The lowest BCUT2D eigenvalue weighted by Crippen LogP contribution is -2.27. The molecule has 0 bridgehead atoms. The number of hydrogen-bond donors (Lipinski definition) is 0. The summed E-state index contributed by atoms with van der Waals surface area (Å²) < 4.78 is 28.4. The van der Waals surface area contributed by atoms with E-state index in [0.29, 0.717) is 10.2 Å². The molecule has 0 aliphatic heterocycles. The maximum Gasteiger partial charge on any atom is 0.270 e. The van der Waals surface area contributed by atoms with Crippen LogP contribution in [0.25, 0.3) is 0 Å². The van der Waals surface area contributed by atoms with Gasteiger partial charge in [-0.3, -0.25) is 14.8 Å². The molecular weight excluding hydrogens is 376 g/mol. The number of aromatic nitrogens is 2. The van der Waals surface area contributed by atoms with Gasteiger partial charge in [0.2, 0.25) is 10.0 Å². The van der Waals surface area contributed by atoms with Crippen molar-refractivity contribution in [2.24, 2.45) is 7.05 Å². The van der Waals surface area contributed by atoms with Gasteiger partial charge < -0.3 is 0 Å². The maximum atomic E-state index is 12.5. The number of hydrogen-bond acceptors (Lipinski definition) is 5. The Morgan fingerprint density at radius 1 is 1.45 bits per heavy atom. The predicted molar refractivity (Wildman–Crippen MR) is 82.7 cm³/mol. The van der Waals surface area contributed by atoms with Crippen molar-refractivity contribution in [1.82, 2.24) is 14.1 Å². The van der Waals surface area contributed by atoms with Gasteiger partial charge in [0.05, 0.1) is 32.7 Å². The van der Waals surface area contributed by atoms with Crippen molar-refractivity contribution in [2.45, 2.75) is 11.4 Å². The lowest BCUT2D eigenvalue weighted by atomic mass is 10.3. The molecule has 2 aromatic rings. The summed E-state index contributed by atoms with van der Waals surface area (Å²) in [6.45, 7) is 0.0854. The van der Waals surface area contributed by atoms with Crippen molar-refractivity contribution in [3.63, 3.8) is 0 Å². The van der Waals surface area contributed by atoms with E-state index in [0.717, 1.165) is 10.4 Å². The second kappa shape index (κ2) is 6.15. The monoisotopic (exact) mass is 388 g/mol. The molecule has 0 saturated heterocycles. The fraction of sp³-hybridized carbons (Fsp3) is 0.250. The van der Waals surface area contributed by atoms with Crippen LogP contribution in [0.3, 0.4) is 0 Å². The van der Waals surface area contributed by atoms with Crippen molar-refractivity contribution >= 4 is 31.6 Å². The minimum atomic E-state index is -3.84. The van der Waals surface area contributed by atoms with Crippen molar-refractivity contribution in [3.05, 3.63) is 50.7 Å². The Balaban J connectivity index is 2.34. The molecule has 118 valence electrons. The second-order valence-electron chi connectivity index (χ2n) is 4.58. The number of nitro benzene ring substituents is 1. The molecule has 0 radical (unpaired) electrons. The number of non-ortho nitro benzene ring substituents is 1. The highest BCUT2D eigenvalue weighted by atomic mass is 79.9. The lowest BCUT2D eigenvalue weighted by Gasteiger charge is -2.17. The average molecular weight is 389 g/mol. The van der Waals surface area contributed by atoms with Crippen LogP contribution in [-0.2, 0) is 23.6 Å².